The lowest BCUT2D eigenvalue weighted by molar-refractivity contribution is -0.115. The Morgan fingerprint density at radius 2 is 1.90 bits per heavy atom. The van der Waals surface area contributed by atoms with Crippen LogP contribution in [-0.4, -0.2) is 22.0 Å². The minimum Gasteiger partial charge on any atom is -0.321 e. The molecular weight excluding hydrogens is 415 g/mol. The summed E-state index contributed by atoms with van der Waals surface area (Å²) in [6.07, 6.45) is 0.0903. The van der Waals surface area contributed by atoms with Gasteiger partial charge < -0.3 is 10.6 Å². The van der Waals surface area contributed by atoms with Crippen molar-refractivity contribution in [2.75, 3.05) is 10.6 Å². The molecule has 0 saturated heterocycles. The summed E-state index contributed by atoms with van der Waals surface area (Å²) in [4.78, 5) is 25.8. The van der Waals surface area contributed by atoms with Gasteiger partial charge in [0.05, 0.1) is 16.7 Å². The van der Waals surface area contributed by atoms with Gasteiger partial charge in [-0.1, -0.05) is 29.8 Å². The SMILES string of the molecule is O=C(Cc1ccc(F)cc1)Nc1[nH]nc2sc(C(=O)Nc3cccc(Cl)c3)cc12. The molecule has 146 valence electrons. The maximum atomic E-state index is 13.0. The molecule has 4 aromatic rings. The number of anilines is 2. The molecule has 2 aromatic carbocycles. The number of benzene rings is 2. The highest BCUT2D eigenvalue weighted by molar-refractivity contribution is 7.20. The van der Waals surface area contributed by atoms with Gasteiger partial charge in [0.25, 0.3) is 5.91 Å². The van der Waals surface area contributed by atoms with E-state index < -0.39 is 0 Å². The standard InChI is InChI=1S/C20H14ClFN4O2S/c21-12-2-1-3-14(9-12)23-19(28)16-10-15-18(25-26-20(15)29-16)24-17(27)8-11-4-6-13(22)7-5-11/h1-7,9-10H,8H2,(H,23,28)(H2,24,25,26,27). The Bertz CT molecular complexity index is 1200. The minimum atomic E-state index is -0.355. The summed E-state index contributed by atoms with van der Waals surface area (Å²) < 4.78 is 13.0. The number of aromatic amines is 1. The molecule has 0 aliphatic heterocycles. The number of H-pyrrole nitrogens is 1. The van der Waals surface area contributed by atoms with Crippen LogP contribution in [0.5, 0.6) is 0 Å². The fourth-order valence-corrected chi connectivity index (χ4v) is 3.83. The Morgan fingerprint density at radius 1 is 1.10 bits per heavy atom. The van der Waals surface area contributed by atoms with Gasteiger partial charge in [0.2, 0.25) is 5.91 Å². The molecule has 0 atom stereocenters. The van der Waals surface area contributed by atoms with Crippen molar-refractivity contribution in [2.45, 2.75) is 6.42 Å². The topological polar surface area (TPSA) is 86.9 Å². The Balaban J connectivity index is 1.47. The van der Waals surface area contributed by atoms with Gasteiger partial charge in [0.15, 0.2) is 0 Å². The van der Waals surface area contributed by atoms with Gasteiger partial charge in [0, 0.05) is 10.7 Å². The molecule has 0 saturated carbocycles. The van der Waals surface area contributed by atoms with Crippen molar-refractivity contribution < 1.29 is 14.0 Å². The molecule has 29 heavy (non-hydrogen) atoms. The minimum absolute atomic E-state index is 0.0903. The van der Waals surface area contributed by atoms with Gasteiger partial charge in [-0.15, -0.1) is 11.3 Å². The largest absolute Gasteiger partial charge is 0.321 e. The summed E-state index contributed by atoms with van der Waals surface area (Å²) in [7, 11) is 0. The first-order chi connectivity index (χ1) is 14.0. The zero-order valence-electron chi connectivity index (χ0n) is 14.8. The average molecular weight is 429 g/mol. The fraction of sp³-hybridized carbons (Fsp3) is 0.0500. The summed E-state index contributed by atoms with van der Waals surface area (Å²) in [5.74, 6) is -0.520. The van der Waals surface area contributed by atoms with Crippen LogP contribution in [0.3, 0.4) is 0 Å². The van der Waals surface area contributed by atoms with Crippen LogP contribution < -0.4 is 10.6 Å². The highest BCUT2D eigenvalue weighted by Gasteiger charge is 2.17. The number of carbonyl (C=O) groups is 2. The molecule has 0 bridgehead atoms. The third-order valence-electron chi connectivity index (χ3n) is 4.10. The van der Waals surface area contributed by atoms with E-state index in [2.05, 4.69) is 20.8 Å². The van der Waals surface area contributed by atoms with E-state index >= 15 is 0 Å². The number of nitrogens with one attached hydrogen (secondary N) is 3. The summed E-state index contributed by atoms with van der Waals surface area (Å²) >= 11 is 7.14. The zero-order valence-corrected chi connectivity index (χ0v) is 16.4. The number of aromatic nitrogens is 2. The Morgan fingerprint density at radius 3 is 2.66 bits per heavy atom. The lowest BCUT2D eigenvalue weighted by atomic mass is 10.1. The molecule has 0 unspecified atom stereocenters. The lowest BCUT2D eigenvalue weighted by Crippen LogP contribution is -2.15. The summed E-state index contributed by atoms with van der Waals surface area (Å²) in [5.41, 5.74) is 1.27. The highest BCUT2D eigenvalue weighted by Crippen LogP contribution is 2.30. The number of rotatable bonds is 5. The number of hydrogen-bond donors (Lipinski definition) is 3. The molecule has 2 heterocycles. The van der Waals surface area contributed by atoms with E-state index in [1.54, 1.807) is 42.5 Å². The Hall–Kier alpha value is -3.23. The summed E-state index contributed by atoms with van der Waals surface area (Å²) in [5, 5.41) is 13.6. The number of fused-ring (bicyclic) bond motifs is 1. The quantitative estimate of drug-likeness (QED) is 0.424. The van der Waals surface area contributed by atoms with Crippen LogP contribution >= 0.6 is 22.9 Å². The van der Waals surface area contributed by atoms with Crippen molar-refractivity contribution in [2.24, 2.45) is 0 Å². The van der Waals surface area contributed by atoms with Crippen molar-refractivity contribution in [3.05, 3.63) is 75.9 Å². The van der Waals surface area contributed by atoms with Crippen LogP contribution in [0.25, 0.3) is 10.2 Å². The Kier molecular flexibility index (Phi) is 5.28. The first-order valence-corrected chi connectivity index (χ1v) is 9.76. The molecule has 0 aliphatic carbocycles. The number of hydrogen-bond acceptors (Lipinski definition) is 4. The average Bonchev–Trinajstić information content (AvgIpc) is 3.26. The van der Waals surface area contributed by atoms with E-state index in [1.807, 2.05) is 0 Å². The third-order valence-corrected chi connectivity index (χ3v) is 5.36. The number of amides is 2. The molecule has 0 radical (unpaired) electrons. The van der Waals surface area contributed by atoms with Crippen molar-refractivity contribution in [3.8, 4) is 0 Å². The first kappa shape index (κ1) is 19.1. The lowest BCUT2D eigenvalue weighted by Gasteiger charge is -2.04. The van der Waals surface area contributed by atoms with Crippen LogP contribution in [0.4, 0.5) is 15.9 Å². The van der Waals surface area contributed by atoms with Gasteiger partial charge in [-0.3, -0.25) is 14.7 Å². The molecule has 0 aliphatic rings. The van der Waals surface area contributed by atoms with Crippen molar-refractivity contribution in [3.63, 3.8) is 0 Å². The number of carbonyl (C=O) groups excluding carboxylic acids is 2. The van der Waals surface area contributed by atoms with Crippen LogP contribution in [0, 0.1) is 5.82 Å². The van der Waals surface area contributed by atoms with Crippen molar-refractivity contribution in [1.29, 1.82) is 0 Å². The van der Waals surface area contributed by atoms with Gasteiger partial charge in [0.1, 0.15) is 16.5 Å². The molecule has 9 heteroatoms. The second-order valence-corrected chi connectivity index (χ2v) is 7.71. The van der Waals surface area contributed by atoms with E-state index in [9.17, 15) is 14.0 Å². The molecular formula is C20H14ClFN4O2S. The zero-order chi connectivity index (χ0) is 20.4. The Labute approximate surface area is 173 Å². The van der Waals surface area contributed by atoms with Crippen LogP contribution in [-0.2, 0) is 11.2 Å². The summed E-state index contributed by atoms with van der Waals surface area (Å²) in [6.45, 7) is 0. The molecule has 0 spiro atoms. The normalized spacial score (nSPS) is 10.8. The molecule has 6 nitrogen and oxygen atoms in total. The van der Waals surface area contributed by atoms with Gasteiger partial charge in [-0.05, 0) is 42.0 Å². The van der Waals surface area contributed by atoms with E-state index in [1.165, 1.54) is 23.5 Å². The van der Waals surface area contributed by atoms with E-state index in [4.69, 9.17) is 11.6 Å². The third kappa shape index (κ3) is 4.44. The van der Waals surface area contributed by atoms with Crippen molar-refractivity contribution >= 4 is 56.5 Å². The summed E-state index contributed by atoms with van der Waals surface area (Å²) in [6, 6.07) is 14.2. The van der Waals surface area contributed by atoms with Gasteiger partial charge in [-0.2, -0.15) is 5.10 Å². The highest BCUT2D eigenvalue weighted by atomic mass is 35.5. The van der Waals surface area contributed by atoms with E-state index in [0.29, 0.717) is 37.2 Å². The molecule has 4 rings (SSSR count). The van der Waals surface area contributed by atoms with Gasteiger partial charge in [-0.25, -0.2) is 4.39 Å². The molecule has 3 N–H and O–H groups in total. The fourth-order valence-electron chi connectivity index (χ4n) is 2.75. The second-order valence-electron chi connectivity index (χ2n) is 6.24. The maximum Gasteiger partial charge on any atom is 0.265 e. The van der Waals surface area contributed by atoms with Crippen molar-refractivity contribution in [1.82, 2.24) is 10.2 Å². The smallest absolute Gasteiger partial charge is 0.265 e. The first-order valence-electron chi connectivity index (χ1n) is 8.57. The van der Waals surface area contributed by atoms with Crippen LogP contribution in [0.2, 0.25) is 5.02 Å². The number of thiophene rings is 1. The molecule has 2 amide bonds. The van der Waals surface area contributed by atoms with E-state index in [0.717, 1.165) is 0 Å². The molecule has 0 fully saturated rings. The monoisotopic (exact) mass is 428 g/mol. The predicted octanol–water partition coefficient (Wildman–Crippen LogP) is 4.85. The maximum absolute atomic E-state index is 13.0. The van der Waals surface area contributed by atoms with E-state index in [-0.39, 0.29) is 24.1 Å². The van der Waals surface area contributed by atoms with Crippen LogP contribution in [0.15, 0.2) is 54.6 Å². The number of halogens is 2. The van der Waals surface area contributed by atoms with Gasteiger partial charge >= 0.3 is 0 Å². The molecule has 2 aromatic heterocycles. The predicted molar refractivity (Wildman–Crippen MR) is 112 cm³/mol. The van der Waals surface area contributed by atoms with Crippen LogP contribution in [0.1, 0.15) is 15.2 Å². The number of nitrogens with zero attached hydrogens (tertiary/aromatic N) is 1. The second kappa shape index (κ2) is 8.02.